The van der Waals surface area contributed by atoms with Gasteiger partial charge in [-0.3, -0.25) is 4.98 Å². The number of pyridine rings is 3. The quantitative estimate of drug-likeness (QED) is 0.168. The van der Waals surface area contributed by atoms with E-state index in [0.29, 0.717) is 12.1 Å². The third-order valence-electron chi connectivity index (χ3n) is 7.45. The molecule has 0 saturated heterocycles. The number of rotatable bonds is 4. The van der Waals surface area contributed by atoms with Crippen LogP contribution in [-0.4, -0.2) is 15.0 Å². The van der Waals surface area contributed by atoms with Gasteiger partial charge in [0, 0.05) is 50.4 Å². The zero-order chi connectivity index (χ0) is 31.2. The molecule has 2 aromatic carbocycles. The molecule has 0 fully saturated rings. The Balaban J connectivity index is 0.000000212. The standard InChI is InChI=1S/C23H19N2OS.C14H14N.Ir/c1-4-6-20-14(3)15-11-12-19(25-23(15)27-20)18-8-5-7-16-17-10-9-13(2)24-22(17)26-21(16)18;1-10-4-6-13(7-5-10)14-8-11(2)12(3)9-15-14;/h5,7,9-12H,4,6H2,1-3H3;4-6,8-9H,1-3H3;/q2*-1;/i6D2;;. The number of aryl methyl sites for hydroxylation is 6. The van der Waals surface area contributed by atoms with Crippen molar-refractivity contribution in [3.63, 3.8) is 0 Å². The molecule has 219 valence electrons. The molecule has 0 N–H and O–H groups in total. The minimum atomic E-state index is -1.34. The van der Waals surface area contributed by atoms with E-state index in [1.807, 2.05) is 69.4 Å². The molecule has 5 aromatic heterocycles. The van der Waals surface area contributed by atoms with E-state index < -0.39 is 6.37 Å². The van der Waals surface area contributed by atoms with Gasteiger partial charge in [-0.15, -0.1) is 64.9 Å². The Labute approximate surface area is 273 Å². The normalized spacial score (nSPS) is 12.0. The van der Waals surface area contributed by atoms with Crippen LogP contribution in [0.3, 0.4) is 0 Å². The van der Waals surface area contributed by atoms with Crippen molar-refractivity contribution >= 4 is 43.6 Å². The second-order valence-corrected chi connectivity index (χ2v) is 11.6. The summed E-state index contributed by atoms with van der Waals surface area (Å²) in [7, 11) is 0. The maximum atomic E-state index is 8.32. The molecule has 0 atom stereocenters. The van der Waals surface area contributed by atoms with Crippen molar-refractivity contribution in [2.24, 2.45) is 0 Å². The van der Waals surface area contributed by atoms with Gasteiger partial charge in [-0.25, -0.2) is 4.98 Å². The van der Waals surface area contributed by atoms with Gasteiger partial charge in [0.2, 0.25) is 5.71 Å². The van der Waals surface area contributed by atoms with E-state index in [9.17, 15) is 0 Å². The Morgan fingerprint density at radius 1 is 0.860 bits per heavy atom. The molecule has 1 radical (unpaired) electrons. The average Bonchev–Trinajstić information content (AvgIpc) is 3.56. The first-order valence-corrected chi connectivity index (χ1v) is 14.9. The fraction of sp³-hybridized carbons (Fsp3) is 0.216. The van der Waals surface area contributed by atoms with Crippen molar-refractivity contribution < 1.29 is 27.3 Å². The summed E-state index contributed by atoms with van der Waals surface area (Å²) < 4.78 is 22.7. The molecule has 43 heavy (non-hydrogen) atoms. The van der Waals surface area contributed by atoms with Crippen LogP contribution in [-0.2, 0) is 26.5 Å². The van der Waals surface area contributed by atoms with E-state index in [1.54, 1.807) is 0 Å². The van der Waals surface area contributed by atoms with Crippen molar-refractivity contribution in [1.82, 2.24) is 15.0 Å². The summed E-state index contributed by atoms with van der Waals surface area (Å²) in [6, 6.07) is 26.6. The second kappa shape index (κ2) is 12.9. The van der Waals surface area contributed by atoms with Crippen LogP contribution < -0.4 is 0 Å². The molecule has 7 rings (SSSR count). The molecule has 6 heteroatoms. The van der Waals surface area contributed by atoms with Crippen LogP contribution in [0.2, 0.25) is 0 Å². The van der Waals surface area contributed by atoms with Gasteiger partial charge >= 0.3 is 0 Å². The topological polar surface area (TPSA) is 51.8 Å². The van der Waals surface area contributed by atoms with E-state index >= 15 is 0 Å². The van der Waals surface area contributed by atoms with Crippen molar-refractivity contribution in [3.8, 4) is 22.5 Å². The summed E-state index contributed by atoms with van der Waals surface area (Å²) in [4.78, 5) is 15.4. The average molecular weight is 762 g/mol. The number of hydrogen-bond donors (Lipinski definition) is 0. The fourth-order valence-corrected chi connectivity index (χ4v) is 6.05. The second-order valence-electron chi connectivity index (χ2n) is 10.6. The molecule has 7 aromatic rings. The van der Waals surface area contributed by atoms with Crippen molar-refractivity contribution in [1.29, 1.82) is 0 Å². The third kappa shape index (κ3) is 6.19. The van der Waals surface area contributed by atoms with Gasteiger partial charge in [0.25, 0.3) is 0 Å². The van der Waals surface area contributed by atoms with Crippen LogP contribution in [0.1, 0.15) is 48.9 Å². The minimum Gasteiger partial charge on any atom is -0.486 e. The molecule has 0 saturated carbocycles. The van der Waals surface area contributed by atoms with Gasteiger partial charge in [0.05, 0.1) is 5.58 Å². The van der Waals surface area contributed by atoms with E-state index in [-0.39, 0.29) is 20.1 Å². The summed E-state index contributed by atoms with van der Waals surface area (Å²) in [5, 5.41) is 2.97. The molecule has 0 spiro atoms. The molecular weight excluding hydrogens is 727 g/mol. The summed E-state index contributed by atoms with van der Waals surface area (Å²) in [6.45, 7) is 12.0. The SMILES string of the molecule is Cc1c[c-]c(-c2cc(C)c(C)cn2)cc1.[2H]C([2H])(CC)c1sc2nc(-c3[c-]ccc4c3oc3nc(C)ccc34)ccc2c1C.[Ir]. The molecule has 4 nitrogen and oxygen atoms in total. The van der Waals surface area contributed by atoms with Crippen LogP contribution in [0, 0.1) is 46.8 Å². The minimum absolute atomic E-state index is 0. The molecule has 0 unspecified atom stereocenters. The van der Waals surface area contributed by atoms with Crippen molar-refractivity contribution in [2.45, 2.75) is 54.3 Å². The maximum Gasteiger partial charge on any atom is 0.216 e. The van der Waals surface area contributed by atoms with Gasteiger partial charge < -0.3 is 9.40 Å². The number of hydrogen-bond acceptors (Lipinski definition) is 5. The summed E-state index contributed by atoms with van der Waals surface area (Å²) in [5.41, 5.74) is 10.6. The Morgan fingerprint density at radius 3 is 2.42 bits per heavy atom. The number of aromatic nitrogens is 3. The van der Waals surface area contributed by atoms with E-state index in [0.717, 1.165) is 65.2 Å². The number of fused-ring (bicyclic) bond motifs is 4. The Morgan fingerprint density at radius 2 is 1.67 bits per heavy atom. The van der Waals surface area contributed by atoms with E-state index in [1.165, 1.54) is 28.0 Å². The predicted molar refractivity (Wildman–Crippen MR) is 175 cm³/mol. The zero-order valence-electron chi connectivity index (χ0n) is 27.0. The van der Waals surface area contributed by atoms with Gasteiger partial charge in [-0.05, 0) is 68.7 Å². The number of furan rings is 1. The van der Waals surface area contributed by atoms with E-state index in [2.05, 4.69) is 61.1 Å². The molecule has 5 heterocycles. The maximum absolute atomic E-state index is 8.32. The fourth-order valence-electron chi connectivity index (χ4n) is 4.91. The zero-order valence-corrected chi connectivity index (χ0v) is 28.3. The number of benzene rings is 2. The van der Waals surface area contributed by atoms with Crippen LogP contribution in [0.25, 0.3) is 54.8 Å². The Kier molecular flexibility index (Phi) is 8.42. The molecular formula is C37H33IrN3OS-2. The molecule has 0 amide bonds. The number of thiophene rings is 1. The first kappa shape index (κ1) is 28.1. The first-order chi connectivity index (χ1) is 21.1. The first-order valence-electron chi connectivity index (χ1n) is 15.1. The monoisotopic (exact) mass is 762 g/mol. The number of nitrogens with zero attached hydrogens (tertiary/aromatic N) is 3. The van der Waals surface area contributed by atoms with E-state index in [4.69, 9.17) is 12.1 Å². The van der Waals surface area contributed by atoms with Crippen molar-refractivity contribution in [2.75, 3.05) is 0 Å². The Hall–Kier alpha value is -3.70. The summed E-state index contributed by atoms with van der Waals surface area (Å²) >= 11 is 1.43. The van der Waals surface area contributed by atoms with Crippen LogP contribution in [0.15, 0.2) is 71.3 Å². The smallest absolute Gasteiger partial charge is 0.216 e. The summed E-state index contributed by atoms with van der Waals surface area (Å²) in [6.07, 6.45) is 1.01. The van der Waals surface area contributed by atoms with Gasteiger partial charge in [-0.2, -0.15) is 0 Å². The third-order valence-corrected chi connectivity index (χ3v) is 8.61. The predicted octanol–water partition coefficient (Wildman–Crippen LogP) is 10.1. The largest absolute Gasteiger partial charge is 0.486 e. The molecule has 0 bridgehead atoms. The van der Waals surface area contributed by atoms with Crippen LogP contribution in [0.5, 0.6) is 0 Å². The molecule has 0 aliphatic heterocycles. The van der Waals surface area contributed by atoms with Gasteiger partial charge in [-0.1, -0.05) is 55.0 Å². The van der Waals surface area contributed by atoms with Crippen LogP contribution >= 0.6 is 11.3 Å². The van der Waals surface area contributed by atoms with Gasteiger partial charge in [0.1, 0.15) is 4.83 Å². The molecule has 0 aliphatic carbocycles. The van der Waals surface area contributed by atoms with Crippen molar-refractivity contribution in [3.05, 3.63) is 112 Å². The summed E-state index contributed by atoms with van der Waals surface area (Å²) in [5.74, 6) is 0. The van der Waals surface area contributed by atoms with Gasteiger partial charge in [0.15, 0.2) is 0 Å². The molecule has 0 aliphatic rings. The van der Waals surface area contributed by atoms with Crippen LogP contribution in [0.4, 0.5) is 0 Å². The Bertz CT molecular complexity index is 2150.